The van der Waals surface area contributed by atoms with Gasteiger partial charge in [-0.15, -0.1) is 0 Å². The van der Waals surface area contributed by atoms with Crippen molar-refractivity contribution < 1.29 is 8.78 Å². The number of halogens is 2. The van der Waals surface area contributed by atoms with Crippen LogP contribution < -0.4 is 5.32 Å². The number of rotatable bonds is 4. The summed E-state index contributed by atoms with van der Waals surface area (Å²) in [6, 6.07) is 11.1. The molecule has 0 saturated carbocycles. The predicted octanol–water partition coefficient (Wildman–Crippen LogP) is 4.30. The van der Waals surface area contributed by atoms with Gasteiger partial charge in [0.1, 0.15) is 12.5 Å². The van der Waals surface area contributed by atoms with Crippen LogP contribution in [0.3, 0.4) is 0 Å². The molecular formula is C17H12F2N4. The van der Waals surface area contributed by atoms with Gasteiger partial charge in [0.05, 0.1) is 34.4 Å². The zero-order valence-corrected chi connectivity index (χ0v) is 12.0. The zero-order chi connectivity index (χ0) is 16.2. The van der Waals surface area contributed by atoms with Gasteiger partial charge in [0, 0.05) is 18.0 Å². The zero-order valence-electron chi connectivity index (χ0n) is 12.0. The molecule has 0 unspecified atom stereocenters. The Bertz CT molecular complexity index is 880. The van der Waals surface area contributed by atoms with E-state index in [0.29, 0.717) is 22.6 Å². The fraction of sp³-hybridized carbons (Fsp3) is 0.0588. The van der Waals surface area contributed by atoms with Gasteiger partial charge in [-0.2, -0.15) is 5.26 Å². The van der Waals surface area contributed by atoms with Gasteiger partial charge < -0.3 is 10.3 Å². The van der Waals surface area contributed by atoms with Gasteiger partial charge in [-0.05, 0) is 30.3 Å². The number of aromatic amines is 1. The molecule has 0 atom stereocenters. The molecule has 2 heterocycles. The number of hydrogen-bond donors (Lipinski definition) is 2. The van der Waals surface area contributed by atoms with Crippen LogP contribution in [0.25, 0.3) is 11.4 Å². The van der Waals surface area contributed by atoms with Crippen LogP contribution in [0.15, 0.2) is 48.8 Å². The predicted molar refractivity (Wildman–Crippen MR) is 83.2 cm³/mol. The van der Waals surface area contributed by atoms with E-state index in [1.54, 1.807) is 30.6 Å². The van der Waals surface area contributed by atoms with Crippen LogP contribution in [0.1, 0.15) is 11.1 Å². The van der Waals surface area contributed by atoms with Gasteiger partial charge in [-0.1, -0.05) is 6.07 Å². The van der Waals surface area contributed by atoms with Crippen LogP contribution in [0.2, 0.25) is 0 Å². The molecule has 6 heteroatoms. The molecule has 0 bridgehead atoms. The Morgan fingerprint density at radius 2 is 2.13 bits per heavy atom. The van der Waals surface area contributed by atoms with Crippen LogP contribution >= 0.6 is 0 Å². The first kappa shape index (κ1) is 14.7. The third-order valence-electron chi connectivity index (χ3n) is 3.35. The Morgan fingerprint density at radius 3 is 2.87 bits per heavy atom. The van der Waals surface area contributed by atoms with Gasteiger partial charge in [-0.25, -0.2) is 8.78 Å². The fourth-order valence-electron chi connectivity index (χ4n) is 2.23. The second-order valence-corrected chi connectivity index (χ2v) is 4.88. The van der Waals surface area contributed by atoms with E-state index < -0.39 is 12.5 Å². The van der Waals surface area contributed by atoms with E-state index in [2.05, 4.69) is 15.3 Å². The summed E-state index contributed by atoms with van der Waals surface area (Å²) in [6.45, 7) is -0.616. The molecule has 0 aliphatic rings. The lowest BCUT2D eigenvalue weighted by molar-refractivity contribution is 0.485. The van der Waals surface area contributed by atoms with Crippen molar-refractivity contribution in [3.8, 4) is 17.5 Å². The highest BCUT2D eigenvalue weighted by Crippen LogP contribution is 2.26. The molecule has 4 nitrogen and oxygen atoms in total. The first-order chi connectivity index (χ1) is 11.2. The number of nitrogens with one attached hydrogen (secondary N) is 2. The van der Waals surface area contributed by atoms with Crippen molar-refractivity contribution >= 4 is 11.4 Å². The lowest BCUT2D eigenvalue weighted by Crippen LogP contribution is -1.93. The first-order valence-electron chi connectivity index (χ1n) is 6.86. The summed E-state index contributed by atoms with van der Waals surface area (Å²) in [6.07, 6.45) is 3.23. The van der Waals surface area contributed by atoms with Crippen molar-refractivity contribution in [1.82, 2.24) is 9.97 Å². The maximum absolute atomic E-state index is 13.9. The minimum Gasteiger partial charge on any atom is -0.358 e. The highest BCUT2D eigenvalue weighted by molar-refractivity contribution is 5.69. The first-order valence-corrected chi connectivity index (χ1v) is 6.86. The van der Waals surface area contributed by atoms with Crippen molar-refractivity contribution in [2.24, 2.45) is 0 Å². The second-order valence-electron chi connectivity index (χ2n) is 4.88. The molecule has 23 heavy (non-hydrogen) atoms. The van der Waals surface area contributed by atoms with Crippen LogP contribution in [-0.2, 0) is 6.67 Å². The number of alkyl halides is 1. The van der Waals surface area contributed by atoms with Gasteiger partial charge in [0.2, 0.25) is 0 Å². The lowest BCUT2D eigenvalue weighted by atomic mass is 10.1. The summed E-state index contributed by atoms with van der Waals surface area (Å²) >= 11 is 0. The van der Waals surface area contributed by atoms with Crippen molar-refractivity contribution in [3.05, 3.63) is 65.7 Å². The van der Waals surface area contributed by atoms with Gasteiger partial charge in [0.15, 0.2) is 0 Å². The molecule has 114 valence electrons. The molecule has 3 rings (SSSR count). The molecule has 2 N–H and O–H groups in total. The molecule has 0 aliphatic heterocycles. The topological polar surface area (TPSA) is 64.5 Å². The average Bonchev–Trinajstić information content (AvgIpc) is 3.05. The summed E-state index contributed by atoms with van der Waals surface area (Å²) in [7, 11) is 0. The van der Waals surface area contributed by atoms with Crippen molar-refractivity contribution in [3.63, 3.8) is 0 Å². The monoisotopic (exact) mass is 310 g/mol. The van der Waals surface area contributed by atoms with Crippen LogP contribution in [0.4, 0.5) is 20.2 Å². The Labute approximate surface area is 131 Å². The number of pyridine rings is 1. The molecule has 1 aromatic carbocycles. The third kappa shape index (κ3) is 3.04. The summed E-state index contributed by atoms with van der Waals surface area (Å²) in [5.41, 5.74) is 2.74. The Balaban J connectivity index is 1.87. The Morgan fingerprint density at radius 1 is 1.26 bits per heavy atom. The highest BCUT2D eigenvalue weighted by atomic mass is 19.1. The normalized spacial score (nSPS) is 10.3. The van der Waals surface area contributed by atoms with Crippen molar-refractivity contribution in [2.45, 2.75) is 6.67 Å². The number of anilines is 2. The molecule has 0 aliphatic carbocycles. The summed E-state index contributed by atoms with van der Waals surface area (Å²) in [4.78, 5) is 7.16. The second kappa shape index (κ2) is 6.28. The van der Waals surface area contributed by atoms with Gasteiger partial charge >= 0.3 is 0 Å². The van der Waals surface area contributed by atoms with Crippen molar-refractivity contribution in [2.75, 3.05) is 5.32 Å². The Hall–Kier alpha value is -3.20. The summed E-state index contributed by atoms with van der Waals surface area (Å²) in [5, 5.41) is 11.7. The average molecular weight is 310 g/mol. The van der Waals surface area contributed by atoms with E-state index in [1.807, 2.05) is 6.07 Å². The number of aromatic nitrogens is 2. The van der Waals surface area contributed by atoms with E-state index in [4.69, 9.17) is 5.26 Å². The number of hydrogen-bond acceptors (Lipinski definition) is 3. The van der Waals surface area contributed by atoms with E-state index in [1.165, 1.54) is 12.1 Å². The van der Waals surface area contributed by atoms with Crippen LogP contribution in [0, 0.1) is 17.1 Å². The quantitative estimate of drug-likeness (QED) is 0.755. The molecular weight excluding hydrogens is 298 g/mol. The smallest absolute Gasteiger partial charge is 0.147 e. The van der Waals surface area contributed by atoms with E-state index in [0.717, 1.165) is 6.07 Å². The summed E-state index contributed by atoms with van der Waals surface area (Å²) in [5.74, 6) is -0.519. The SMILES string of the molecule is N#Cc1ccc(Nc2c[nH]c(-c3ncccc3CF)c2)c(F)c1. The largest absolute Gasteiger partial charge is 0.358 e. The lowest BCUT2D eigenvalue weighted by Gasteiger charge is -2.05. The molecule has 0 radical (unpaired) electrons. The maximum atomic E-state index is 13.9. The third-order valence-corrected chi connectivity index (χ3v) is 3.35. The fourth-order valence-corrected chi connectivity index (χ4v) is 2.23. The van der Waals surface area contributed by atoms with Crippen molar-refractivity contribution in [1.29, 1.82) is 5.26 Å². The number of benzene rings is 1. The number of H-pyrrole nitrogens is 1. The molecule has 0 amide bonds. The van der Waals surface area contributed by atoms with E-state index in [9.17, 15) is 8.78 Å². The highest BCUT2D eigenvalue weighted by Gasteiger charge is 2.10. The minimum absolute atomic E-state index is 0.251. The minimum atomic E-state index is -0.616. The summed E-state index contributed by atoms with van der Waals surface area (Å²) < 4.78 is 26.9. The van der Waals surface area contributed by atoms with Gasteiger partial charge in [-0.3, -0.25) is 4.98 Å². The van der Waals surface area contributed by atoms with Crippen LogP contribution in [0.5, 0.6) is 0 Å². The van der Waals surface area contributed by atoms with E-state index >= 15 is 0 Å². The molecule has 0 fully saturated rings. The van der Waals surface area contributed by atoms with E-state index in [-0.39, 0.29) is 11.3 Å². The molecule has 0 spiro atoms. The Kier molecular flexibility index (Phi) is 4.02. The number of nitrogens with zero attached hydrogens (tertiary/aromatic N) is 2. The number of nitriles is 1. The molecule has 3 aromatic rings. The maximum Gasteiger partial charge on any atom is 0.147 e. The van der Waals surface area contributed by atoms with Gasteiger partial charge in [0.25, 0.3) is 0 Å². The standard InChI is InChI=1S/C17H12F2N4/c18-8-12-2-1-5-21-17(12)16-7-13(10-22-16)23-15-4-3-11(9-20)6-14(15)19/h1-7,10,22-23H,8H2. The molecule has 0 saturated heterocycles. The van der Waals surface area contributed by atoms with Crippen LogP contribution in [-0.4, -0.2) is 9.97 Å². The molecule has 2 aromatic heterocycles.